The Morgan fingerprint density at radius 1 is 1.07 bits per heavy atom. The molecule has 4 rings (SSSR count). The van der Waals surface area contributed by atoms with Crippen LogP contribution in [0.25, 0.3) is 16.9 Å². The number of rotatable bonds is 5. The van der Waals surface area contributed by atoms with Crippen LogP contribution in [0.2, 0.25) is 0 Å². The monoisotopic (exact) mass is 365 g/mol. The summed E-state index contributed by atoms with van der Waals surface area (Å²) in [5, 5.41) is 4.56. The number of carbonyl (C=O) groups is 1. The van der Waals surface area contributed by atoms with Crippen molar-refractivity contribution in [2.45, 2.75) is 6.54 Å². The highest BCUT2D eigenvalue weighted by atomic mass is 16.1. The van der Waals surface area contributed by atoms with Gasteiger partial charge < -0.3 is 9.30 Å². The van der Waals surface area contributed by atoms with Crippen LogP contribution >= 0.6 is 0 Å². The van der Waals surface area contributed by atoms with Crippen molar-refractivity contribution in [3.05, 3.63) is 58.5 Å². The van der Waals surface area contributed by atoms with Crippen molar-refractivity contribution < 1.29 is 4.79 Å². The highest BCUT2D eigenvalue weighted by molar-refractivity contribution is 5.89. The first-order valence-corrected chi connectivity index (χ1v) is 9.20. The van der Waals surface area contributed by atoms with Gasteiger partial charge in [0.25, 0.3) is 5.56 Å². The van der Waals surface area contributed by atoms with Crippen LogP contribution in [0.4, 0.5) is 0 Å². The van der Waals surface area contributed by atoms with Gasteiger partial charge >= 0.3 is 0 Å². The number of likely N-dealkylation sites (N-methyl/N-ethyl adjacent to an activating group) is 1. The number of hydrogen-bond acceptors (Lipinski definition) is 5. The fourth-order valence-corrected chi connectivity index (χ4v) is 3.55. The third-order valence-corrected chi connectivity index (χ3v) is 5.17. The van der Waals surface area contributed by atoms with E-state index in [0.717, 1.165) is 44.5 Å². The van der Waals surface area contributed by atoms with Gasteiger partial charge in [0.15, 0.2) is 6.29 Å². The maximum Gasteiger partial charge on any atom is 0.266 e. The molecule has 0 radical (unpaired) electrons. The van der Waals surface area contributed by atoms with Crippen LogP contribution in [0.5, 0.6) is 0 Å². The van der Waals surface area contributed by atoms with Gasteiger partial charge in [-0.05, 0) is 31.3 Å². The molecule has 1 aliphatic rings. The molecule has 27 heavy (non-hydrogen) atoms. The number of hydrogen-bond donors (Lipinski definition) is 0. The highest BCUT2D eigenvalue weighted by Gasteiger charge is 2.16. The van der Waals surface area contributed by atoms with E-state index in [2.05, 4.69) is 21.9 Å². The van der Waals surface area contributed by atoms with Crippen LogP contribution in [0, 0.1) is 0 Å². The molecule has 0 unspecified atom stereocenters. The second-order valence-corrected chi connectivity index (χ2v) is 6.99. The third-order valence-electron chi connectivity index (χ3n) is 5.17. The quantitative estimate of drug-likeness (QED) is 0.637. The fraction of sp³-hybridized carbons (Fsp3) is 0.350. The molecule has 0 aliphatic carbocycles. The van der Waals surface area contributed by atoms with Crippen LogP contribution < -0.4 is 5.56 Å². The summed E-state index contributed by atoms with van der Waals surface area (Å²) in [5.74, 6) is 0. The van der Waals surface area contributed by atoms with Crippen LogP contribution in [-0.2, 0) is 6.54 Å². The Balaban J connectivity index is 1.63. The van der Waals surface area contributed by atoms with Crippen LogP contribution in [0.1, 0.15) is 10.4 Å². The SMILES string of the molecule is CN1CCN(CCn2nc(-c3c(C=O)cc4ccccn34)ccc2=O)CC1. The molecule has 0 spiro atoms. The zero-order chi connectivity index (χ0) is 18.8. The Morgan fingerprint density at radius 3 is 2.67 bits per heavy atom. The lowest BCUT2D eigenvalue weighted by molar-refractivity contribution is 0.112. The molecular formula is C20H23N5O2. The number of nitrogens with zero attached hydrogens (tertiary/aromatic N) is 5. The van der Waals surface area contributed by atoms with Crippen LogP contribution in [0.3, 0.4) is 0 Å². The normalized spacial score (nSPS) is 16.0. The third kappa shape index (κ3) is 3.56. The van der Waals surface area contributed by atoms with Crippen molar-refractivity contribution in [3.8, 4) is 11.4 Å². The predicted molar refractivity (Wildman–Crippen MR) is 104 cm³/mol. The molecule has 0 amide bonds. The second-order valence-electron chi connectivity index (χ2n) is 6.99. The van der Waals surface area contributed by atoms with Crippen molar-refractivity contribution in [1.29, 1.82) is 0 Å². The van der Waals surface area contributed by atoms with Crippen LogP contribution in [-0.4, -0.2) is 70.0 Å². The van der Waals surface area contributed by atoms with Gasteiger partial charge in [-0.15, -0.1) is 0 Å². The van der Waals surface area contributed by atoms with Crippen molar-refractivity contribution in [2.24, 2.45) is 0 Å². The van der Waals surface area contributed by atoms with E-state index in [1.54, 1.807) is 6.07 Å². The standard InChI is InChI=1S/C20H23N5O2/c1-22-8-10-23(11-9-22)12-13-25-19(27)6-5-18(21-25)20-16(15-26)14-17-4-2-3-7-24(17)20/h2-7,14-15H,8-13H2,1H3. The largest absolute Gasteiger partial charge is 0.314 e. The molecular weight excluding hydrogens is 342 g/mol. The van der Waals surface area contributed by atoms with Gasteiger partial charge in [-0.25, -0.2) is 4.68 Å². The lowest BCUT2D eigenvalue weighted by Gasteiger charge is -2.32. The summed E-state index contributed by atoms with van der Waals surface area (Å²) in [6.45, 7) is 5.42. The number of aromatic nitrogens is 3. The average Bonchev–Trinajstić information content (AvgIpc) is 3.07. The number of pyridine rings is 1. The number of fused-ring (bicyclic) bond motifs is 1. The van der Waals surface area contributed by atoms with E-state index >= 15 is 0 Å². The molecule has 0 aromatic carbocycles. The fourth-order valence-electron chi connectivity index (χ4n) is 3.55. The van der Waals surface area contributed by atoms with E-state index in [1.165, 1.54) is 10.7 Å². The van der Waals surface area contributed by atoms with Crippen molar-refractivity contribution in [3.63, 3.8) is 0 Å². The van der Waals surface area contributed by atoms with Gasteiger partial charge in [0.2, 0.25) is 0 Å². The van der Waals surface area contributed by atoms with E-state index < -0.39 is 0 Å². The number of aldehydes is 1. The van der Waals surface area contributed by atoms with Gasteiger partial charge in [0, 0.05) is 56.1 Å². The van der Waals surface area contributed by atoms with E-state index in [1.807, 2.05) is 34.9 Å². The second kappa shape index (κ2) is 7.46. The molecule has 1 aliphatic heterocycles. The van der Waals surface area contributed by atoms with Crippen molar-refractivity contribution >= 4 is 11.8 Å². The molecule has 7 heteroatoms. The minimum atomic E-state index is -0.124. The molecule has 0 bridgehead atoms. The molecule has 140 valence electrons. The Hall–Kier alpha value is -2.77. The molecule has 3 aromatic heterocycles. The first-order valence-electron chi connectivity index (χ1n) is 9.20. The Labute approximate surface area is 157 Å². The molecule has 0 N–H and O–H groups in total. The van der Waals surface area contributed by atoms with E-state index in [-0.39, 0.29) is 5.56 Å². The summed E-state index contributed by atoms with van der Waals surface area (Å²) in [7, 11) is 2.12. The number of piperazine rings is 1. The first-order chi connectivity index (χ1) is 13.2. The van der Waals surface area contributed by atoms with Gasteiger partial charge in [0.1, 0.15) is 5.69 Å². The highest BCUT2D eigenvalue weighted by Crippen LogP contribution is 2.24. The van der Waals surface area contributed by atoms with Crippen molar-refractivity contribution in [2.75, 3.05) is 39.8 Å². The van der Waals surface area contributed by atoms with Crippen LogP contribution in [0.15, 0.2) is 47.4 Å². The molecule has 0 atom stereocenters. The summed E-state index contributed by atoms with van der Waals surface area (Å²) in [5.41, 5.74) is 2.71. The summed E-state index contributed by atoms with van der Waals surface area (Å²) in [6, 6.07) is 10.8. The zero-order valence-electron chi connectivity index (χ0n) is 15.4. The van der Waals surface area contributed by atoms with Gasteiger partial charge in [-0.3, -0.25) is 14.5 Å². The molecule has 1 saturated heterocycles. The molecule has 3 aromatic rings. The summed E-state index contributed by atoms with van der Waals surface area (Å²) in [6.07, 6.45) is 2.74. The summed E-state index contributed by atoms with van der Waals surface area (Å²) < 4.78 is 3.44. The Bertz CT molecular complexity index is 1010. The maximum absolute atomic E-state index is 12.3. The maximum atomic E-state index is 12.3. The molecule has 4 heterocycles. The first kappa shape index (κ1) is 17.6. The Morgan fingerprint density at radius 2 is 1.89 bits per heavy atom. The smallest absolute Gasteiger partial charge is 0.266 e. The predicted octanol–water partition coefficient (Wildman–Crippen LogP) is 1.22. The number of carbonyl (C=O) groups excluding carboxylic acids is 1. The minimum absolute atomic E-state index is 0.124. The summed E-state index contributed by atoms with van der Waals surface area (Å²) >= 11 is 0. The molecule has 1 fully saturated rings. The minimum Gasteiger partial charge on any atom is -0.314 e. The Kier molecular flexibility index (Phi) is 4.87. The molecule has 7 nitrogen and oxygen atoms in total. The van der Waals surface area contributed by atoms with Gasteiger partial charge in [-0.2, -0.15) is 5.10 Å². The average molecular weight is 365 g/mol. The van der Waals surface area contributed by atoms with Gasteiger partial charge in [-0.1, -0.05) is 6.07 Å². The lowest BCUT2D eigenvalue weighted by atomic mass is 10.2. The van der Waals surface area contributed by atoms with Crippen molar-refractivity contribution in [1.82, 2.24) is 24.0 Å². The zero-order valence-corrected chi connectivity index (χ0v) is 15.4. The van der Waals surface area contributed by atoms with Gasteiger partial charge in [0.05, 0.1) is 12.2 Å². The van der Waals surface area contributed by atoms with E-state index in [4.69, 9.17) is 0 Å². The van der Waals surface area contributed by atoms with E-state index in [9.17, 15) is 9.59 Å². The van der Waals surface area contributed by atoms with E-state index in [0.29, 0.717) is 23.5 Å². The topological polar surface area (TPSA) is 62.9 Å². The summed E-state index contributed by atoms with van der Waals surface area (Å²) in [4.78, 5) is 28.5. The molecule has 0 saturated carbocycles. The lowest BCUT2D eigenvalue weighted by Crippen LogP contribution is -2.46.